The lowest BCUT2D eigenvalue weighted by atomic mass is 9.59. The minimum atomic E-state index is -1.18. The lowest BCUT2D eigenvalue weighted by molar-refractivity contribution is -0.297. The molecule has 2 aliphatic rings. The molecule has 0 aromatic rings. The van der Waals surface area contributed by atoms with E-state index in [1.165, 1.54) is 0 Å². The Hall–Kier alpha value is -0.560. The van der Waals surface area contributed by atoms with E-state index >= 15 is 0 Å². The summed E-state index contributed by atoms with van der Waals surface area (Å²) in [6, 6.07) is 0. The average molecular weight is 372 g/mol. The first-order valence-corrected chi connectivity index (χ1v) is 9.93. The summed E-state index contributed by atoms with van der Waals surface area (Å²) in [4.78, 5) is 11.6. The van der Waals surface area contributed by atoms with Gasteiger partial charge in [0, 0.05) is 24.7 Å². The van der Waals surface area contributed by atoms with Crippen LogP contribution in [-0.4, -0.2) is 45.0 Å². The number of nitrogens with zero attached hydrogens (tertiary/aromatic N) is 1. The van der Waals surface area contributed by atoms with E-state index in [2.05, 4.69) is 5.18 Å². The fourth-order valence-electron chi connectivity index (χ4n) is 5.59. The van der Waals surface area contributed by atoms with Crippen molar-refractivity contribution in [2.75, 3.05) is 6.61 Å². The molecular formula is C20H37NO5. The normalized spacial score (nSPS) is 38.5. The van der Waals surface area contributed by atoms with Gasteiger partial charge in [-0.1, -0.05) is 39.3 Å². The van der Waals surface area contributed by atoms with Gasteiger partial charge in [-0.05, 0) is 38.0 Å². The Labute approximate surface area is 157 Å². The van der Waals surface area contributed by atoms with Crippen LogP contribution in [0, 0.1) is 15.7 Å². The minimum Gasteiger partial charge on any atom is -0.396 e. The van der Waals surface area contributed by atoms with Gasteiger partial charge in [-0.25, -0.2) is 0 Å². The Morgan fingerprint density at radius 1 is 1.19 bits per heavy atom. The Morgan fingerprint density at radius 2 is 1.85 bits per heavy atom. The summed E-state index contributed by atoms with van der Waals surface area (Å²) in [5.74, 6) is 0. The first-order chi connectivity index (χ1) is 11.9. The predicted octanol–water partition coefficient (Wildman–Crippen LogP) is 3.51. The molecule has 0 aromatic carbocycles. The number of nitroso groups, excluding NO2 is 1. The summed E-state index contributed by atoms with van der Waals surface area (Å²) >= 11 is 0. The summed E-state index contributed by atoms with van der Waals surface area (Å²) in [6.45, 7) is 9.55. The quantitative estimate of drug-likeness (QED) is 0.470. The van der Waals surface area contributed by atoms with E-state index in [4.69, 9.17) is 4.74 Å². The molecule has 6 heteroatoms. The minimum absolute atomic E-state index is 0.185. The van der Waals surface area contributed by atoms with Gasteiger partial charge in [0.25, 0.3) is 0 Å². The number of hydrogen-bond acceptors (Lipinski definition) is 6. The summed E-state index contributed by atoms with van der Waals surface area (Å²) < 4.78 is 6.28. The van der Waals surface area contributed by atoms with Crippen LogP contribution in [0.15, 0.2) is 5.18 Å². The maximum atomic E-state index is 11.6. The molecule has 0 amide bonds. The van der Waals surface area contributed by atoms with Gasteiger partial charge >= 0.3 is 0 Å². The SMILES string of the molecule is CCCC(CO)(C(O)OC12CCCC(N=O)(CC(C)(O)C1)C2)C(C)(C)C. The van der Waals surface area contributed by atoms with Gasteiger partial charge in [0.05, 0.1) is 17.8 Å². The zero-order chi connectivity index (χ0) is 19.9. The van der Waals surface area contributed by atoms with Crippen LogP contribution in [0.2, 0.25) is 0 Å². The monoisotopic (exact) mass is 371 g/mol. The molecule has 0 saturated heterocycles. The van der Waals surface area contributed by atoms with Gasteiger partial charge in [-0.2, -0.15) is 4.91 Å². The van der Waals surface area contributed by atoms with E-state index in [0.717, 1.165) is 12.8 Å². The fourth-order valence-corrected chi connectivity index (χ4v) is 5.59. The van der Waals surface area contributed by atoms with E-state index in [-0.39, 0.29) is 12.0 Å². The van der Waals surface area contributed by atoms with Crippen molar-refractivity contribution in [2.24, 2.45) is 16.0 Å². The van der Waals surface area contributed by atoms with E-state index in [1.54, 1.807) is 6.92 Å². The Kier molecular flexibility index (Phi) is 5.95. The van der Waals surface area contributed by atoms with Crippen LogP contribution in [-0.2, 0) is 4.74 Å². The van der Waals surface area contributed by atoms with Crippen molar-refractivity contribution in [2.45, 2.75) is 109 Å². The van der Waals surface area contributed by atoms with Crippen LogP contribution in [0.4, 0.5) is 0 Å². The first kappa shape index (κ1) is 21.7. The molecule has 3 N–H and O–H groups in total. The third-order valence-corrected chi connectivity index (χ3v) is 6.84. The molecule has 5 unspecified atom stereocenters. The standard InChI is InChI=1S/C20H37NO5/c1-6-8-20(14-22,16(2,3)4)15(23)26-19-10-7-9-18(13-19,21-25)11-17(5,24)12-19/h15,22-24H,6-14H2,1-5H3. The molecule has 0 aliphatic heterocycles. The van der Waals surface area contributed by atoms with Crippen LogP contribution in [0.5, 0.6) is 0 Å². The average Bonchev–Trinajstić information content (AvgIpc) is 2.49. The fraction of sp³-hybridized carbons (Fsp3) is 1.00. The molecule has 2 saturated carbocycles. The molecular weight excluding hydrogens is 334 g/mol. The molecule has 0 spiro atoms. The van der Waals surface area contributed by atoms with E-state index in [1.807, 2.05) is 27.7 Å². The van der Waals surface area contributed by atoms with E-state index in [0.29, 0.717) is 38.5 Å². The van der Waals surface area contributed by atoms with Gasteiger partial charge in [-0.3, -0.25) is 0 Å². The predicted molar refractivity (Wildman–Crippen MR) is 101 cm³/mol. The zero-order valence-corrected chi connectivity index (χ0v) is 17.0. The smallest absolute Gasteiger partial charge is 0.163 e. The Bertz CT molecular complexity index is 517. The third-order valence-electron chi connectivity index (χ3n) is 6.84. The van der Waals surface area contributed by atoms with E-state index in [9.17, 15) is 20.2 Å². The van der Waals surface area contributed by atoms with Crippen molar-refractivity contribution >= 4 is 0 Å². The number of fused-ring (bicyclic) bond motifs is 2. The zero-order valence-electron chi connectivity index (χ0n) is 17.0. The van der Waals surface area contributed by atoms with Crippen molar-refractivity contribution in [3.63, 3.8) is 0 Å². The van der Waals surface area contributed by atoms with Gasteiger partial charge < -0.3 is 20.1 Å². The summed E-state index contributed by atoms with van der Waals surface area (Å²) in [6.07, 6.45) is 3.49. The first-order valence-electron chi connectivity index (χ1n) is 9.93. The van der Waals surface area contributed by atoms with Crippen molar-refractivity contribution < 1.29 is 20.1 Å². The molecule has 2 bridgehead atoms. The summed E-state index contributed by atoms with van der Waals surface area (Å²) in [7, 11) is 0. The van der Waals surface area contributed by atoms with Crippen molar-refractivity contribution in [3.8, 4) is 0 Å². The summed E-state index contributed by atoms with van der Waals surface area (Å²) in [5.41, 5.74) is -3.85. The number of hydrogen-bond donors (Lipinski definition) is 3. The second kappa shape index (κ2) is 7.12. The van der Waals surface area contributed by atoms with E-state index < -0.39 is 28.4 Å². The van der Waals surface area contributed by atoms with Crippen LogP contribution in [0.3, 0.4) is 0 Å². The largest absolute Gasteiger partial charge is 0.396 e. The summed E-state index contributed by atoms with van der Waals surface area (Å²) in [5, 5.41) is 35.5. The highest BCUT2D eigenvalue weighted by atomic mass is 16.6. The van der Waals surface area contributed by atoms with Gasteiger partial charge in [-0.15, -0.1) is 0 Å². The molecule has 152 valence electrons. The lowest BCUT2D eigenvalue weighted by Crippen LogP contribution is -2.61. The number of rotatable bonds is 7. The molecule has 2 rings (SSSR count). The second-order valence-corrected chi connectivity index (χ2v) is 10.2. The van der Waals surface area contributed by atoms with Gasteiger partial charge in [0.2, 0.25) is 0 Å². The maximum absolute atomic E-state index is 11.6. The topological polar surface area (TPSA) is 99.4 Å². The number of ether oxygens (including phenoxy) is 1. The van der Waals surface area contributed by atoms with Crippen molar-refractivity contribution in [1.82, 2.24) is 0 Å². The van der Waals surface area contributed by atoms with Crippen LogP contribution in [0.25, 0.3) is 0 Å². The Morgan fingerprint density at radius 3 is 2.35 bits per heavy atom. The molecule has 0 radical (unpaired) electrons. The number of aliphatic hydroxyl groups excluding tert-OH is 2. The molecule has 5 atom stereocenters. The Balaban J connectivity index is 2.35. The highest BCUT2D eigenvalue weighted by molar-refractivity contribution is 5.11. The van der Waals surface area contributed by atoms with Gasteiger partial charge in [0.1, 0.15) is 5.54 Å². The molecule has 26 heavy (non-hydrogen) atoms. The second-order valence-electron chi connectivity index (χ2n) is 10.2. The highest BCUT2D eigenvalue weighted by Crippen LogP contribution is 2.55. The molecule has 2 fully saturated rings. The van der Waals surface area contributed by atoms with Gasteiger partial charge in [0.15, 0.2) is 6.29 Å². The van der Waals surface area contributed by atoms with Crippen molar-refractivity contribution in [1.29, 1.82) is 0 Å². The maximum Gasteiger partial charge on any atom is 0.163 e. The van der Waals surface area contributed by atoms with Crippen LogP contribution in [0.1, 0.15) is 86.0 Å². The molecule has 6 nitrogen and oxygen atoms in total. The highest BCUT2D eigenvalue weighted by Gasteiger charge is 2.59. The molecule has 0 heterocycles. The van der Waals surface area contributed by atoms with Crippen molar-refractivity contribution in [3.05, 3.63) is 4.91 Å². The lowest BCUT2D eigenvalue weighted by Gasteiger charge is -2.56. The molecule has 2 aliphatic carbocycles. The number of aliphatic hydroxyl groups is 3. The van der Waals surface area contributed by atoms with Crippen LogP contribution < -0.4 is 0 Å². The third kappa shape index (κ3) is 3.84. The molecule has 0 aromatic heterocycles. The van der Waals surface area contributed by atoms with Crippen LogP contribution >= 0.6 is 0 Å².